The van der Waals surface area contributed by atoms with Crippen LogP contribution < -0.4 is 29.6 Å². The second-order valence-electron chi connectivity index (χ2n) is 0.846. The maximum absolute atomic E-state index is 9.44. The van der Waals surface area contributed by atoms with E-state index in [-0.39, 0.29) is 57.6 Å². The Kier molecular flexibility index (Phi) is 38.6. The van der Waals surface area contributed by atoms with Crippen LogP contribution in [0.3, 0.4) is 0 Å². The predicted molar refractivity (Wildman–Crippen MR) is 40.4 cm³/mol. The third-order valence-corrected chi connectivity index (χ3v) is 1.06. The molecular formula is C5H17NaO3S. The standard InChI is InChI=1S/C2H6O3S.3CH4.Na/c1-2-6(3,4)5;;;;/h2H2,1H3,(H,3,4,5);3*1H4;/q;;;;+1/p-1. The molecule has 0 saturated heterocycles. The quantitative estimate of drug-likeness (QED) is 0.363. The zero-order chi connectivity index (χ0) is 5.21. The molecule has 0 aliphatic carbocycles. The third kappa shape index (κ3) is 36.5. The zero-order valence-corrected chi connectivity index (χ0v) is 7.16. The van der Waals surface area contributed by atoms with Crippen molar-refractivity contribution in [3.8, 4) is 0 Å². The van der Waals surface area contributed by atoms with E-state index < -0.39 is 10.1 Å². The molecule has 10 heavy (non-hydrogen) atoms. The van der Waals surface area contributed by atoms with E-state index in [0.29, 0.717) is 0 Å². The Hall–Kier alpha value is 0.910. The topological polar surface area (TPSA) is 57.2 Å². The van der Waals surface area contributed by atoms with Crippen molar-refractivity contribution in [3.05, 3.63) is 0 Å². The van der Waals surface area contributed by atoms with Crippen LogP contribution in [0.25, 0.3) is 0 Å². The molecule has 0 aliphatic rings. The first-order valence-electron chi connectivity index (χ1n) is 1.50. The van der Waals surface area contributed by atoms with Crippen molar-refractivity contribution in [2.75, 3.05) is 5.75 Å². The van der Waals surface area contributed by atoms with Gasteiger partial charge in [0.1, 0.15) is 0 Å². The van der Waals surface area contributed by atoms with Gasteiger partial charge < -0.3 is 4.55 Å². The molecule has 0 aliphatic heterocycles. The van der Waals surface area contributed by atoms with Crippen molar-refractivity contribution in [3.63, 3.8) is 0 Å². The summed E-state index contributed by atoms with van der Waals surface area (Å²) in [7, 11) is -3.91. The summed E-state index contributed by atoms with van der Waals surface area (Å²) in [6.45, 7) is 1.31. The van der Waals surface area contributed by atoms with E-state index in [4.69, 9.17) is 0 Å². The molecule has 0 bridgehead atoms. The molecule has 3 nitrogen and oxygen atoms in total. The average molecular weight is 180 g/mol. The molecule has 0 heterocycles. The summed E-state index contributed by atoms with van der Waals surface area (Å²) in [5.74, 6) is -0.312. The summed E-state index contributed by atoms with van der Waals surface area (Å²) < 4.78 is 28.3. The molecule has 0 aromatic carbocycles. The molecule has 0 fully saturated rings. The fraction of sp³-hybridized carbons (Fsp3) is 1.00. The van der Waals surface area contributed by atoms with Gasteiger partial charge in [-0.25, -0.2) is 8.42 Å². The minimum absolute atomic E-state index is 0. The number of hydrogen-bond donors (Lipinski definition) is 0. The van der Waals surface area contributed by atoms with Crippen LogP contribution in [0.15, 0.2) is 0 Å². The van der Waals surface area contributed by atoms with E-state index in [1.165, 1.54) is 6.92 Å². The van der Waals surface area contributed by atoms with Crippen LogP contribution in [0.1, 0.15) is 29.2 Å². The largest absolute Gasteiger partial charge is 1.00 e. The van der Waals surface area contributed by atoms with E-state index in [1.54, 1.807) is 0 Å². The van der Waals surface area contributed by atoms with Crippen LogP contribution in [0.2, 0.25) is 0 Å². The zero-order valence-electron chi connectivity index (χ0n) is 4.34. The van der Waals surface area contributed by atoms with Crippen molar-refractivity contribution < 1.29 is 42.5 Å². The maximum Gasteiger partial charge on any atom is 1.00 e. The average Bonchev–Trinajstić information content (AvgIpc) is 1.35. The first kappa shape index (κ1) is 30.7. The fourth-order valence-electron chi connectivity index (χ4n) is 0. The van der Waals surface area contributed by atoms with E-state index in [2.05, 4.69) is 0 Å². The molecule has 0 unspecified atom stereocenters. The van der Waals surface area contributed by atoms with Gasteiger partial charge in [-0.15, -0.1) is 0 Å². The van der Waals surface area contributed by atoms with Crippen LogP contribution in [0.4, 0.5) is 0 Å². The normalized spacial score (nSPS) is 7.00. The van der Waals surface area contributed by atoms with Crippen molar-refractivity contribution in [2.45, 2.75) is 29.2 Å². The van der Waals surface area contributed by atoms with Crippen molar-refractivity contribution >= 4 is 10.1 Å². The second kappa shape index (κ2) is 12.6. The monoisotopic (exact) mass is 180 g/mol. The molecule has 0 atom stereocenters. The second-order valence-corrected chi connectivity index (χ2v) is 2.54. The van der Waals surface area contributed by atoms with Crippen LogP contribution in [-0.4, -0.2) is 18.7 Å². The predicted octanol–water partition coefficient (Wildman–Crippen LogP) is -1.54. The van der Waals surface area contributed by atoms with Gasteiger partial charge >= 0.3 is 29.6 Å². The van der Waals surface area contributed by atoms with Gasteiger partial charge in [0.15, 0.2) is 0 Å². The molecule has 0 rings (SSSR count). The summed E-state index contributed by atoms with van der Waals surface area (Å²) in [6, 6.07) is 0. The SMILES string of the molecule is C.C.C.CCS(=O)(=O)[O-].[Na+]. The van der Waals surface area contributed by atoms with Crippen molar-refractivity contribution in [1.29, 1.82) is 0 Å². The molecule has 0 aromatic rings. The molecule has 0 N–H and O–H groups in total. The van der Waals surface area contributed by atoms with E-state index in [1.807, 2.05) is 0 Å². The van der Waals surface area contributed by atoms with Crippen LogP contribution in [0, 0.1) is 0 Å². The number of rotatable bonds is 1. The van der Waals surface area contributed by atoms with E-state index >= 15 is 0 Å². The van der Waals surface area contributed by atoms with Gasteiger partial charge in [-0.05, 0) is 0 Å². The Morgan fingerprint density at radius 3 is 1.30 bits per heavy atom. The van der Waals surface area contributed by atoms with Gasteiger partial charge in [0.2, 0.25) is 0 Å². The molecule has 0 spiro atoms. The Balaban J connectivity index is -0.0000000208. The smallest absolute Gasteiger partial charge is 0.748 e. The molecule has 0 amide bonds. The molecule has 0 saturated carbocycles. The van der Waals surface area contributed by atoms with Crippen LogP contribution >= 0.6 is 0 Å². The molecular weight excluding hydrogens is 163 g/mol. The molecule has 62 valence electrons. The van der Waals surface area contributed by atoms with Crippen molar-refractivity contribution in [2.24, 2.45) is 0 Å². The van der Waals surface area contributed by atoms with Gasteiger partial charge in [-0.3, -0.25) is 0 Å². The Morgan fingerprint density at radius 1 is 1.20 bits per heavy atom. The Morgan fingerprint density at radius 2 is 1.30 bits per heavy atom. The third-order valence-electron chi connectivity index (χ3n) is 0.354. The molecule has 0 radical (unpaired) electrons. The molecule has 0 aromatic heterocycles. The minimum atomic E-state index is -3.91. The van der Waals surface area contributed by atoms with Gasteiger partial charge in [-0.2, -0.15) is 0 Å². The van der Waals surface area contributed by atoms with E-state index in [9.17, 15) is 13.0 Å². The van der Waals surface area contributed by atoms with Gasteiger partial charge in [0.25, 0.3) is 0 Å². The van der Waals surface area contributed by atoms with Gasteiger partial charge in [-0.1, -0.05) is 29.2 Å². The first-order chi connectivity index (χ1) is 2.56. The van der Waals surface area contributed by atoms with Crippen LogP contribution in [-0.2, 0) is 10.1 Å². The number of hydrogen-bond acceptors (Lipinski definition) is 3. The van der Waals surface area contributed by atoms with Crippen molar-refractivity contribution in [1.82, 2.24) is 0 Å². The van der Waals surface area contributed by atoms with E-state index in [0.717, 1.165) is 0 Å². The summed E-state index contributed by atoms with van der Waals surface area (Å²) in [5, 5.41) is 0. The minimum Gasteiger partial charge on any atom is -0.748 e. The summed E-state index contributed by atoms with van der Waals surface area (Å²) in [4.78, 5) is 0. The summed E-state index contributed by atoms with van der Waals surface area (Å²) in [5.41, 5.74) is 0. The van der Waals surface area contributed by atoms with Gasteiger partial charge in [0.05, 0.1) is 10.1 Å². The maximum atomic E-state index is 9.44. The first-order valence-corrected chi connectivity index (χ1v) is 3.07. The Bertz CT molecular complexity index is 119. The molecule has 5 heteroatoms. The van der Waals surface area contributed by atoms with Gasteiger partial charge in [0, 0.05) is 5.75 Å². The van der Waals surface area contributed by atoms with Crippen LogP contribution in [0.5, 0.6) is 0 Å². The fourth-order valence-corrected chi connectivity index (χ4v) is 0. The summed E-state index contributed by atoms with van der Waals surface area (Å²) in [6.07, 6.45) is 0. The Labute approximate surface area is 87.3 Å². The summed E-state index contributed by atoms with van der Waals surface area (Å²) >= 11 is 0.